The molecule has 0 aliphatic heterocycles. The molecule has 0 fully saturated rings. The lowest BCUT2D eigenvalue weighted by Crippen LogP contribution is -2.33. The maximum absolute atomic E-state index is 13.9. The van der Waals surface area contributed by atoms with Crippen molar-refractivity contribution in [2.75, 3.05) is 30.8 Å². The van der Waals surface area contributed by atoms with E-state index in [2.05, 4.69) is 5.32 Å². The number of carbonyl (C=O) groups is 1. The van der Waals surface area contributed by atoms with E-state index in [0.29, 0.717) is 13.0 Å². The van der Waals surface area contributed by atoms with Crippen molar-refractivity contribution < 1.29 is 22.3 Å². The quantitative estimate of drug-likeness (QED) is 0.656. The Morgan fingerprint density at radius 1 is 1.14 bits per heavy atom. The molecule has 0 aliphatic carbocycles. The Kier molecular flexibility index (Phi) is 7.80. The van der Waals surface area contributed by atoms with Crippen molar-refractivity contribution in [2.45, 2.75) is 19.3 Å². The van der Waals surface area contributed by atoms with E-state index < -0.39 is 15.8 Å². The van der Waals surface area contributed by atoms with Crippen molar-refractivity contribution in [3.8, 4) is 5.75 Å². The van der Waals surface area contributed by atoms with Gasteiger partial charge in [-0.3, -0.25) is 9.10 Å². The summed E-state index contributed by atoms with van der Waals surface area (Å²) in [5.41, 5.74) is 1.06. The zero-order valence-corrected chi connectivity index (χ0v) is 16.8. The van der Waals surface area contributed by atoms with Gasteiger partial charge < -0.3 is 10.1 Å². The highest BCUT2D eigenvalue weighted by Crippen LogP contribution is 2.21. The van der Waals surface area contributed by atoms with Gasteiger partial charge in [0.25, 0.3) is 0 Å². The number of sulfonamides is 1. The maximum atomic E-state index is 13.9. The van der Waals surface area contributed by atoms with Crippen molar-refractivity contribution in [1.29, 1.82) is 0 Å². The highest BCUT2D eigenvalue weighted by Gasteiger charge is 2.20. The number of methoxy groups -OCH3 is 1. The van der Waals surface area contributed by atoms with Gasteiger partial charge in [0, 0.05) is 19.5 Å². The third kappa shape index (κ3) is 6.53. The van der Waals surface area contributed by atoms with Gasteiger partial charge in [0.05, 0.1) is 19.1 Å². The van der Waals surface area contributed by atoms with E-state index in [4.69, 9.17) is 4.74 Å². The lowest BCUT2D eigenvalue weighted by atomic mass is 10.1. The van der Waals surface area contributed by atoms with Gasteiger partial charge in [-0.1, -0.05) is 24.3 Å². The van der Waals surface area contributed by atoms with E-state index in [0.717, 1.165) is 21.9 Å². The van der Waals surface area contributed by atoms with Gasteiger partial charge in [-0.2, -0.15) is 0 Å². The molecule has 0 unspecified atom stereocenters. The molecule has 0 saturated heterocycles. The summed E-state index contributed by atoms with van der Waals surface area (Å²) in [6.45, 7) is 0.514. The summed E-state index contributed by atoms with van der Waals surface area (Å²) in [6, 6.07) is 13.3. The third-order valence-electron chi connectivity index (χ3n) is 4.18. The molecule has 0 saturated carbocycles. The number of anilines is 1. The van der Waals surface area contributed by atoms with Gasteiger partial charge in [0.1, 0.15) is 11.6 Å². The molecule has 1 N–H and O–H groups in total. The lowest BCUT2D eigenvalue weighted by Gasteiger charge is -2.22. The van der Waals surface area contributed by atoms with Crippen molar-refractivity contribution in [2.24, 2.45) is 0 Å². The molecular formula is C20H25FN2O4S. The maximum Gasteiger partial charge on any atom is 0.232 e. The zero-order chi connectivity index (χ0) is 20.6. The van der Waals surface area contributed by atoms with Gasteiger partial charge >= 0.3 is 0 Å². The van der Waals surface area contributed by atoms with E-state index in [-0.39, 0.29) is 31.0 Å². The van der Waals surface area contributed by atoms with E-state index in [9.17, 15) is 17.6 Å². The van der Waals surface area contributed by atoms with E-state index >= 15 is 0 Å². The van der Waals surface area contributed by atoms with E-state index in [1.54, 1.807) is 13.2 Å². The van der Waals surface area contributed by atoms with Crippen LogP contribution in [0.1, 0.15) is 18.4 Å². The Morgan fingerprint density at radius 3 is 2.43 bits per heavy atom. The highest BCUT2D eigenvalue weighted by molar-refractivity contribution is 7.92. The Bertz CT molecular complexity index is 885. The first-order valence-electron chi connectivity index (χ1n) is 8.93. The number of hydrogen-bond acceptors (Lipinski definition) is 4. The van der Waals surface area contributed by atoms with Crippen LogP contribution in [-0.2, 0) is 21.2 Å². The summed E-state index contributed by atoms with van der Waals surface area (Å²) in [7, 11) is -2.04. The van der Waals surface area contributed by atoms with Crippen molar-refractivity contribution in [3.63, 3.8) is 0 Å². The predicted octanol–water partition coefficient (Wildman–Crippen LogP) is 2.74. The number of ether oxygens (including phenoxy) is 1. The first-order chi connectivity index (χ1) is 13.3. The molecule has 0 atom stereocenters. The second-order valence-corrected chi connectivity index (χ2v) is 8.24. The van der Waals surface area contributed by atoms with Crippen LogP contribution in [0.2, 0.25) is 0 Å². The summed E-state index contributed by atoms with van der Waals surface area (Å²) in [5.74, 6) is -0.00886. The summed E-state index contributed by atoms with van der Waals surface area (Å²) in [6.07, 6.45) is 2.15. The molecule has 0 aromatic heterocycles. The van der Waals surface area contributed by atoms with Gasteiger partial charge in [-0.25, -0.2) is 12.8 Å². The first-order valence-corrected chi connectivity index (χ1v) is 10.8. The normalized spacial score (nSPS) is 11.1. The smallest absolute Gasteiger partial charge is 0.232 e. The molecule has 152 valence electrons. The molecule has 28 heavy (non-hydrogen) atoms. The number of hydrogen-bond donors (Lipinski definition) is 1. The fourth-order valence-corrected chi connectivity index (χ4v) is 3.70. The Labute approximate surface area is 165 Å². The van der Waals surface area contributed by atoms with Crippen LogP contribution in [0.25, 0.3) is 0 Å². The van der Waals surface area contributed by atoms with Crippen LogP contribution >= 0.6 is 0 Å². The zero-order valence-electron chi connectivity index (χ0n) is 16.0. The number of amides is 1. The second kappa shape index (κ2) is 10.1. The van der Waals surface area contributed by atoms with Crippen LogP contribution in [0.15, 0.2) is 48.5 Å². The number of halogens is 1. The molecule has 2 rings (SSSR count). The van der Waals surface area contributed by atoms with Gasteiger partial charge in [0.2, 0.25) is 15.9 Å². The number of para-hydroxylation sites is 1. The van der Waals surface area contributed by atoms with Crippen LogP contribution in [-0.4, -0.2) is 40.8 Å². The van der Waals surface area contributed by atoms with Gasteiger partial charge in [-0.15, -0.1) is 0 Å². The average molecular weight is 408 g/mol. The Balaban J connectivity index is 1.80. The predicted molar refractivity (Wildman–Crippen MR) is 108 cm³/mol. The molecule has 6 nitrogen and oxygen atoms in total. The second-order valence-electron chi connectivity index (χ2n) is 6.34. The molecule has 0 heterocycles. The molecule has 2 aromatic rings. The lowest BCUT2D eigenvalue weighted by molar-refractivity contribution is -0.121. The Morgan fingerprint density at radius 2 is 1.82 bits per heavy atom. The fourth-order valence-electron chi connectivity index (χ4n) is 2.73. The molecule has 0 radical (unpaired) electrons. The largest absolute Gasteiger partial charge is 0.497 e. The van der Waals surface area contributed by atoms with Gasteiger partial charge in [-0.05, 0) is 42.7 Å². The monoisotopic (exact) mass is 408 g/mol. The Hall–Kier alpha value is -2.61. The van der Waals surface area contributed by atoms with Crippen molar-refractivity contribution in [1.82, 2.24) is 5.32 Å². The summed E-state index contributed by atoms with van der Waals surface area (Å²) in [4.78, 5) is 12.0. The van der Waals surface area contributed by atoms with Gasteiger partial charge in [0.15, 0.2) is 0 Å². The average Bonchev–Trinajstić information content (AvgIpc) is 2.66. The highest BCUT2D eigenvalue weighted by atomic mass is 32.2. The van der Waals surface area contributed by atoms with E-state index in [1.165, 1.54) is 18.2 Å². The summed E-state index contributed by atoms with van der Waals surface area (Å²) in [5, 5.41) is 2.81. The van der Waals surface area contributed by atoms with Crippen molar-refractivity contribution >= 4 is 21.6 Å². The minimum atomic E-state index is -3.65. The van der Waals surface area contributed by atoms with Crippen LogP contribution in [0, 0.1) is 5.82 Å². The molecule has 1 amide bonds. The van der Waals surface area contributed by atoms with Crippen LogP contribution in [0.5, 0.6) is 5.75 Å². The minimum Gasteiger partial charge on any atom is -0.497 e. The summed E-state index contributed by atoms with van der Waals surface area (Å²) >= 11 is 0. The number of carbonyl (C=O) groups excluding carboxylic acids is 1. The number of nitrogens with one attached hydrogen (secondary N) is 1. The van der Waals surface area contributed by atoms with Crippen LogP contribution in [0.4, 0.5) is 10.1 Å². The molecular weight excluding hydrogens is 383 g/mol. The number of nitrogens with zero attached hydrogens (tertiary/aromatic N) is 1. The fraction of sp³-hybridized carbons (Fsp3) is 0.350. The standard InChI is InChI=1S/C20H25FN2O4S/c1-27-17-11-9-16(10-12-17)13-14-22-20(24)8-5-15-23(28(2,25)26)19-7-4-3-6-18(19)21/h3-4,6-7,9-12H,5,8,13-15H2,1-2H3,(H,22,24). The summed E-state index contributed by atoms with van der Waals surface area (Å²) < 4.78 is 44.0. The third-order valence-corrected chi connectivity index (χ3v) is 5.36. The van der Waals surface area contributed by atoms with E-state index in [1.807, 2.05) is 24.3 Å². The molecule has 2 aromatic carbocycles. The van der Waals surface area contributed by atoms with Crippen LogP contribution in [0.3, 0.4) is 0 Å². The molecule has 0 spiro atoms. The SMILES string of the molecule is COc1ccc(CCNC(=O)CCCN(c2ccccc2F)S(C)(=O)=O)cc1. The number of rotatable bonds is 10. The molecule has 0 bridgehead atoms. The first kappa shape index (κ1) is 21.7. The molecule has 8 heteroatoms. The number of benzene rings is 2. The minimum absolute atomic E-state index is 0.00934. The van der Waals surface area contributed by atoms with Crippen molar-refractivity contribution in [3.05, 3.63) is 59.9 Å². The topological polar surface area (TPSA) is 75.7 Å². The van der Waals surface area contributed by atoms with Crippen LogP contribution < -0.4 is 14.4 Å². The molecule has 0 aliphatic rings.